The first-order chi connectivity index (χ1) is 4.96. The number of hydrogen-bond donors (Lipinski definition) is 1. The second-order valence-corrected chi connectivity index (χ2v) is 4.44. The van der Waals surface area contributed by atoms with E-state index in [1.54, 1.807) is 0 Å². The molecule has 1 aliphatic rings. The Hall–Kier alpha value is -0.0800. The van der Waals surface area contributed by atoms with Crippen LogP contribution in [0.2, 0.25) is 0 Å². The standard InChI is InChI=1S/C9H18O2/c1-8(2,3)9(10)5-4-6-11-7-9/h10H,4-7H2,1-3H3/t9-/m0/s1. The van der Waals surface area contributed by atoms with Crippen molar-refractivity contribution in [3.05, 3.63) is 0 Å². The Kier molecular flexibility index (Phi) is 2.26. The third kappa shape index (κ3) is 1.74. The summed E-state index contributed by atoms with van der Waals surface area (Å²) in [6, 6.07) is 0. The van der Waals surface area contributed by atoms with Gasteiger partial charge in [-0.1, -0.05) is 20.8 Å². The van der Waals surface area contributed by atoms with Gasteiger partial charge >= 0.3 is 0 Å². The molecule has 0 aromatic heterocycles. The SMILES string of the molecule is CC(C)(C)[C@]1(O)CCCOC1. The number of rotatable bonds is 0. The molecule has 1 heterocycles. The van der Waals surface area contributed by atoms with E-state index in [4.69, 9.17) is 4.74 Å². The van der Waals surface area contributed by atoms with Crippen LogP contribution in [0.25, 0.3) is 0 Å². The Morgan fingerprint density at radius 1 is 1.36 bits per heavy atom. The van der Waals surface area contributed by atoms with Gasteiger partial charge in [-0.3, -0.25) is 0 Å². The predicted octanol–water partition coefficient (Wildman–Crippen LogP) is 1.57. The fourth-order valence-electron chi connectivity index (χ4n) is 1.37. The fourth-order valence-corrected chi connectivity index (χ4v) is 1.37. The molecule has 11 heavy (non-hydrogen) atoms. The van der Waals surface area contributed by atoms with Crippen molar-refractivity contribution in [3.63, 3.8) is 0 Å². The maximum Gasteiger partial charge on any atom is 0.0928 e. The Bertz CT molecular complexity index is 129. The summed E-state index contributed by atoms with van der Waals surface area (Å²) >= 11 is 0. The molecule has 0 bridgehead atoms. The van der Waals surface area contributed by atoms with Crippen LogP contribution in [-0.2, 0) is 4.74 Å². The molecule has 0 spiro atoms. The lowest BCUT2D eigenvalue weighted by atomic mass is 9.73. The summed E-state index contributed by atoms with van der Waals surface area (Å²) in [6.45, 7) is 7.47. The van der Waals surface area contributed by atoms with Crippen LogP contribution >= 0.6 is 0 Å². The number of hydrogen-bond acceptors (Lipinski definition) is 2. The van der Waals surface area contributed by atoms with Crippen LogP contribution in [0.1, 0.15) is 33.6 Å². The molecule has 1 N–H and O–H groups in total. The van der Waals surface area contributed by atoms with Crippen molar-refractivity contribution in [1.29, 1.82) is 0 Å². The largest absolute Gasteiger partial charge is 0.387 e. The van der Waals surface area contributed by atoms with E-state index in [0.29, 0.717) is 6.61 Å². The van der Waals surface area contributed by atoms with Gasteiger partial charge in [-0.25, -0.2) is 0 Å². The topological polar surface area (TPSA) is 29.5 Å². The van der Waals surface area contributed by atoms with Crippen LogP contribution < -0.4 is 0 Å². The van der Waals surface area contributed by atoms with Gasteiger partial charge in [0.05, 0.1) is 12.2 Å². The Morgan fingerprint density at radius 3 is 2.27 bits per heavy atom. The quantitative estimate of drug-likeness (QED) is 0.580. The van der Waals surface area contributed by atoms with E-state index in [2.05, 4.69) is 20.8 Å². The second-order valence-electron chi connectivity index (χ2n) is 4.44. The second kappa shape index (κ2) is 2.76. The Balaban J connectivity index is 2.64. The highest BCUT2D eigenvalue weighted by molar-refractivity contribution is 4.91. The van der Waals surface area contributed by atoms with Gasteiger partial charge in [0.1, 0.15) is 0 Å². The lowest BCUT2D eigenvalue weighted by Gasteiger charge is -2.42. The summed E-state index contributed by atoms with van der Waals surface area (Å²) in [5.41, 5.74) is -0.668. The molecule has 1 atom stereocenters. The van der Waals surface area contributed by atoms with E-state index in [1.165, 1.54) is 0 Å². The summed E-state index contributed by atoms with van der Waals surface area (Å²) in [6.07, 6.45) is 1.85. The summed E-state index contributed by atoms with van der Waals surface area (Å²) in [5, 5.41) is 10.1. The molecule has 0 amide bonds. The Labute approximate surface area is 68.6 Å². The third-order valence-electron chi connectivity index (χ3n) is 2.62. The summed E-state index contributed by atoms with van der Waals surface area (Å²) in [5.74, 6) is 0. The zero-order chi connectivity index (χ0) is 8.54. The number of ether oxygens (including phenoxy) is 1. The predicted molar refractivity (Wildman–Crippen MR) is 44.5 cm³/mol. The first kappa shape index (κ1) is 9.01. The molecule has 1 saturated heterocycles. The van der Waals surface area contributed by atoms with Gasteiger partial charge in [0.15, 0.2) is 0 Å². The van der Waals surface area contributed by atoms with Crippen LogP contribution in [0.15, 0.2) is 0 Å². The van der Waals surface area contributed by atoms with Gasteiger partial charge in [-0.2, -0.15) is 0 Å². The normalized spacial score (nSPS) is 33.8. The van der Waals surface area contributed by atoms with Gasteiger partial charge in [0, 0.05) is 6.61 Å². The van der Waals surface area contributed by atoms with Crippen molar-refractivity contribution < 1.29 is 9.84 Å². The van der Waals surface area contributed by atoms with Gasteiger partial charge in [-0.05, 0) is 18.3 Å². The van der Waals surface area contributed by atoms with Crippen molar-refractivity contribution in [2.75, 3.05) is 13.2 Å². The van der Waals surface area contributed by atoms with E-state index >= 15 is 0 Å². The molecular formula is C9H18O2. The van der Waals surface area contributed by atoms with Crippen LogP contribution in [0.4, 0.5) is 0 Å². The van der Waals surface area contributed by atoms with Gasteiger partial charge in [0.2, 0.25) is 0 Å². The monoisotopic (exact) mass is 158 g/mol. The first-order valence-electron chi connectivity index (χ1n) is 4.26. The summed E-state index contributed by atoms with van der Waals surface area (Å²) in [4.78, 5) is 0. The molecule has 0 saturated carbocycles. The minimum atomic E-state index is -0.606. The molecule has 66 valence electrons. The van der Waals surface area contributed by atoms with Crippen molar-refractivity contribution in [2.45, 2.75) is 39.2 Å². The molecule has 2 heteroatoms. The highest BCUT2D eigenvalue weighted by atomic mass is 16.5. The molecule has 1 fully saturated rings. The van der Waals surface area contributed by atoms with Gasteiger partial charge in [-0.15, -0.1) is 0 Å². The first-order valence-corrected chi connectivity index (χ1v) is 4.26. The lowest BCUT2D eigenvalue weighted by molar-refractivity contribution is -0.144. The number of aliphatic hydroxyl groups is 1. The molecule has 0 unspecified atom stereocenters. The van der Waals surface area contributed by atoms with Gasteiger partial charge < -0.3 is 9.84 Å². The average Bonchev–Trinajstić information content (AvgIpc) is 1.87. The van der Waals surface area contributed by atoms with Crippen LogP contribution in [-0.4, -0.2) is 23.9 Å². The van der Waals surface area contributed by atoms with E-state index in [9.17, 15) is 5.11 Å². The van der Waals surface area contributed by atoms with Crippen molar-refractivity contribution in [3.8, 4) is 0 Å². The van der Waals surface area contributed by atoms with Crippen molar-refractivity contribution >= 4 is 0 Å². The molecule has 0 aromatic carbocycles. The smallest absolute Gasteiger partial charge is 0.0928 e. The minimum Gasteiger partial charge on any atom is -0.387 e. The zero-order valence-electron chi connectivity index (χ0n) is 7.68. The van der Waals surface area contributed by atoms with Crippen molar-refractivity contribution in [2.24, 2.45) is 5.41 Å². The van der Waals surface area contributed by atoms with Gasteiger partial charge in [0.25, 0.3) is 0 Å². The van der Waals surface area contributed by atoms with E-state index < -0.39 is 5.60 Å². The maximum atomic E-state index is 10.1. The van der Waals surface area contributed by atoms with E-state index in [-0.39, 0.29) is 5.41 Å². The van der Waals surface area contributed by atoms with Crippen LogP contribution in [0.3, 0.4) is 0 Å². The zero-order valence-corrected chi connectivity index (χ0v) is 7.68. The molecule has 2 nitrogen and oxygen atoms in total. The average molecular weight is 158 g/mol. The van der Waals surface area contributed by atoms with Crippen LogP contribution in [0, 0.1) is 5.41 Å². The summed E-state index contributed by atoms with van der Waals surface area (Å²) in [7, 11) is 0. The molecular weight excluding hydrogens is 140 g/mol. The molecule has 1 aliphatic heterocycles. The van der Waals surface area contributed by atoms with Crippen molar-refractivity contribution in [1.82, 2.24) is 0 Å². The highest BCUT2D eigenvalue weighted by Crippen LogP contribution is 2.36. The molecule has 1 rings (SSSR count). The Morgan fingerprint density at radius 2 is 2.00 bits per heavy atom. The molecule has 0 radical (unpaired) electrons. The van der Waals surface area contributed by atoms with Crippen LogP contribution in [0.5, 0.6) is 0 Å². The van der Waals surface area contributed by atoms with E-state index in [1.807, 2.05) is 0 Å². The highest BCUT2D eigenvalue weighted by Gasteiger charge is 2.41. The molecule has 0 aliphatic carbocycles. The lowest BCUT2D eigenvalue weighted by Crippen LogP contribution is -2.49. The third-order valence-corrected chi connectivity index (χ3v) is 2.62. The van der Waals surface area contributed by atoms with E-state index in [0.717, 1.165) is 19.4 Å². The molecule has 0 aromatic rings. The maximum absolute atomic E-state index is 10.1. The summed E-state index contributed by atoms with van der Waals surface area (Å²) < 4.78 is 5.26. The minimum absolute atomic E-state index is 0.0621. The fraction of sp³-hybridized carbons (Fsp3) is 1.00.